The Labute approximate surface area is 117 Å². The largest absolute Gasteiger partial charge is 0.492 e. The standard InChI is InChI=1S/C17H27NO/c1-2-12-18-16(13-15-8-6-7-9-15)14-19-17-10-4-3-5-11-17/h3-5,10-11,15-16,18H,2,6-9,12-14H2,1H3. The van der Waals surface area contributed by atoms with Crippen molar-refractivity contribution in [2.75, 3.05) is 13.2 Å². The van der Waals surface area contributed by atoms with Gasteiger partial charge in [0.25, 0.3) is 0 Å². The predicted molar refractivity (Wildman–Crippen MR) is 80.6 cm³/mol. The zero-order valence-electron chi connectivity index (χ0n) is 12.1. The molecule has 1 aromatic rings. The van der Waals surface area contributed by atoms with Gasteiger partial charge in [-0.15, -0.1) is 0 Å². The van der Waals surface area contributed by atoms with E-state index < -0.39 is 0 Å². The van der Waals surface area contributed by atoms with E-state index in [1.807, 2.05) is 30.3 Å². The highest BCUT2D eigenvalue weighted by Gasteiger charge is 2.20. The monoisotopic (exact) mass is 261 g/mol. The first-order chi connectivity index (χ1) is 9.38. The Morgan fingerprint density at radius 2 is 1.95 bits per heavy atom. The minimum absolute atomic E-state index is 0.503. The summed E-state index contributed by atoms with van der Waals surface area (Å²) in [5, 5.41) is 3.64. The predicted octanol–water partition coefficient (Wildman–Crippen LogP) is 4.01. The van der Waals surface area contributed by atoms with Crippen LogP contribution in [0.15, 0.2) is 30.3 Å². The van der Waals surface area contributed by atoms with Crippen molar-refractivity contribution in [1.82, 2.24) is 5.32 Å². The van der Waals surface area contributed by atoms with Gasteiger partial charge >= 0.3 is 0 Å². The molecule has 1 aromatic carbocycles. The van der Waals surface area contributed by atoms with Crippen LogP contribution >= 0.6 is 0 Å². The number of ether oxygens (including phenoxy) is 1. The van der Waals surface area contributed by atoms with Gasteiger partial charge < -0.3 is 10.1 Å². The van der Waals surface area contributed by atoms with E-state index in [-0.39, 0.29) is 0 Å². The molecule has 1 atom stereocenters. The number of nitrogens with one attached hydrogen (secondary N) is 1. The van der Waals surface area contributed by atoms with Crippen molar-refractivity contribution in [3.8, 4) is 5.75 Å². The third-order valence-electron chi connectivity index (χ3n) is 3.97. The van der Waals surface area contributed by atoms with Crippen molar-refractivity contribution < 1.29 is 4.74 Å². The molecule has 19 heavy (non-hydrogen) atoms. The van der Waals surface area contributed by atoms with Gasteiger partial charge in [-0.2, -0.15) is 0 Å². The Hall–Kier alpha value is -1.02. The summed E-state index contributed by atoms with van der Waals surface area (Å²) >= 11 is 0. The molecule has 106 valence electrons. The molecule has 2 heteroatoms. The number of benzene rings is 1. The van der Waals surface area contributed by atoms with Crippen LogP contribution in [0.2, 0.25) is 0 Å². The zero-order valence-corrected chi connectivity index (χ0v) is 12.1. The Morgan fingerprint density at radius 1 is 1.21 bits per heavy atom. The molecule has 0 radical (unpaired) electrons. The summed E-state index contributed by atoms with van der Waals surface area (Å²) < 4.78 is 5.91. The fourth-order valence-electron chi connectivity index (χ4n) is 2.92. The Balaban J connectivity index is 1.78. The van der Waals surface area contributed by atoms with E-state index in [9.17, 15) is 0 Å². The molecular formula is C17H27NO. The van der Waals surface area contributed by atoms with Crippen molar-refractivity contribution in [2.24, 2.45) is 5.92 Å². The molecule has 1 aliphatic carbocycles. The normalized spacial score (nSPS) is 17.5. The highest BCUT2D eigenvalue weighted by molar-refractivity contribution is 5.20. The molecule has 0 aromatic heterocycles. The maximum absolute atomic E-state index is 5.91. The molecule has 0 aliphatic heterocycles. The van der Waals surface area contributed by atoms with Crippen LogP contribution < -0.4 is 10.1 Å². The molecule has 2 nitrogen and oxygen atoms in total. The Morgan fingerprint density at radius 3 is 2.63 bits per heavy atom. The lowest BCUT2D eigenvalue weighted by atomic mass is 9.98. The van der Waals surface area contributed by atoms with Gasteiger partial charge in [-0.1, -0.05) is 50.8 Å². The number of hydrogen-bond acceptors (Lipinski definition) is 2. The van der Waals surface area contributed by atoms with E-state index in [2.05, 4.69) is 12.2 Å². The number of rotatable bonds is 8. The summed E-state index contributed by atoms with van der Waals surface area (Å²) in [6.45, 7) is 4.10. The molecule has 1 fully saturated rings. The number of para-hydroxylation sites is 1. The summed E-state index contributed by atoms with van der Waals surface area (Å²) in [6, 6.07) is 10.7. The third kappa shape index (κ3) is 5.23. The molecule has 1 N–H and O–H groups in total. The van der Waals surface area contributed by atoms with Crippen LogP contribution in [0.3, 0.4) is 0 Å². The van der Waals surface area contributed by atoms with Gasteiger partial charge in [-0.25, -0.2) is 0 Å². The fourth-order valence-corrected chi connectivity index (χ4v) is 2.92. The van der Waals surface area contributed by atoms with Crippen LogP contribution in [-0.2, 0) is 0 Å². The van der Waals surface area contributed by atoms with Crippen LogP contribution in [0.4, 0.5) is 0 Å². The van der Waals surface area contributed by atoms with E-state index >= 15 is 0 Å². The average Bonchev–Trinajstić information content (AvgIpc) is 2.96. The van der Waals surface area contributed by atoms with Gasteiger partial charge in [0.2, 0.25) is 0 Å². The lowest BCUT2D eigenvalue weighted by molar-refractivity contribution is 0.238. The van der Waals surface area contributed by atoms with Gasteiger partial charge in [-0.3, -0.25) is 0 Å². The molecule has 0 amide bonds. The van der Waals surface area contributed by atoms with E-state index in [0.29, 0.717) is 6.04 Å². The molecule has 0 bridgehead atoms. The minimum atomic E-state index is 0.503. The smallest absolute Gasteiger partial charge is 0.119 e. The van der Waals surface area contributed by atoms with Gasteiger partial charge in [0.15, 0.2) is 0 Å². The van der Waals surface area contributed by atoms with E-state index in [1.54, 1.807) is 0 Å². The summed E-state index contributed by atoms with van der Waals surface area (Å²) in [5.41, 5.74) is 0. The first kappa shape index (κ1) is 14.4. The topological polar surface area (TPSA) is 21.3 Å². The van der Waals surface area contributed by atoms with Crippen LogP contribution in [0.25, 0.3) is 0 Å². The summed E-state index contributed by atoms with van der Waals surface area (Å²) in [5.74, 6) is 1.89. The SMILES string of the molecule is CCCNC(COc1ccccc1)CC1CCCC1. The Bertz CT molecular complexity index is 332. The molecule has 0 heterocycles. The molecule has 1 aliphatic rings. The highest BCUT2D eigenvalue weighted by Crippen LogP contribution is 2.28. The lowest BCUT2D eigenvalue weighted by Gasteiger charge is -2.22. The molecule has 1 unspecified atom stereocenters. The van der Waals surface area contributed by atoms with Crippen molar-refractivity contribution in [3.63, 3.8) is 0 Å². The third-order valence-corrected chi connectivity index (χ3v) is 3.97. The van der Waals surface area contributed by atoms with Gasteiger partial charge in [-0.05, 0) is 37.4 Å². The van der Waals surface area contributed by atoms with E-state index in [4.69, 9.17) is 4.74 Å². The highest BCUT2D eigenvalue weighted by atomic mass is 16.5. The fraction of sp³-hybridized carbons (Fsp3) is 0.647. The van der Waals surface area contributed by atoms with Crippen molar-refractivity contribution >= 4 is 0 Å². The van der Waals surface area contributed by atoms with Gasteiger partial charge in [0.05, 0.1) is 0 Å². The molecule has 1 saturated carbocycles. The second-order valence-corrected chi connectivity index (χ2v) is 5.66. The van der Waals surface area contributed by atoms with Crippen LogP contribution in [0, 0.1) is 5.92 Å². The van der Waals surface area contributed by atoms with Gasteiger partial charge in [0, 0.05) is 6.04 Å². The van der Waals surface area contributed by atoms with E-state index in [1.165, 1.54) is 38.5 Å². The average molecular weight is 261 g/mol. The molecular weight excluding hydrogens is 234 g/mol. The Kier molecular flexibility index (Phi) is 6.22. The molecule has 2 rings (SSSR count). The first-order valence-corrected chi connectivity index (χ1v) is 7.79. The van der Waals surface area contributed by atoms with Crippen molar-refractivity contribution in [2.45, 2.75) is 51.5 Å². The summed E-state index contributed by atoms with van der Waals surface area (Å²) in [6.07, 6.45) is 8.13. The van der Waals surface area contributed by atoms with Crippen LogP contribution in [0.5, 0.6) is 5.75 Å². The molecule has 0 spiro atoms. The van der Waals surface area contributed by atoms with Crippen molar-refractivity contribution in [1.29, 1.82) is 0 Å². The van der Waals surface area contributed by atoms with Gasteiger partial charge in [0.1, 0.15) is 12.4 Å². The zero-order chi connectivity index (χ0) is 13.3. The minimum Gasteiger partial charge on any atom is -0.492 e. The summed E-state index contributed by atoms with van der Waals surface area (Å²) in [4.78, 5) is 0. The van der Waals surface area contributed by atoms with E-state index in [0.717, 1.165) is 24.8 Å². The van der Waals surface area contributed by atoms with Crippen LogP contribution in [0.1, 0.15) is 45.4 Å². The lowest BCUT2D eigenvalue weighted by Crippen LogP contribution is -2.36. The second-order valence-electron chi connectivity index (χ2n) is 5.66. The second kappa shape index (κ2) is 8.21. The van der Waals surface area contributed by atoms with Crippen molar-refractivity contribution in [3.05, 3.63) is 30.3 Å². The quantitative estimate of drug-likeness (QED) is 0.763. The number of hydrogen-bond donors (Lipinski definition) is 1. The molecule has 0 saturated heterocycles. The first-order valence-electron chi connectivity index (χ1n) is 7.79. The maximum Gasteiger partial charge on any atom is 0.119 e. The van der Waals surface area contributed by atoms with Crippen LogP contribution in [-0.4, -0.2) is 19.2 Å². The maximum atomic E-state index is 5.91. The summed E-state index contributed by atoms with van der Waals surface area (Å²) in [7, 11) is 0.